The number of hydrogen-bond donors (Lipinski definition) is 0. The molecule has 0 atom stereocenters. The molecule has 0 bridgehead atoms. The van der Waals surface area contributed by atoms with Crippen molar-refractivity contribution in [3.63, 3.8) is 0 Å². The number of amides is 2. The number of carbonyl (C=O) groups is 2. The Kier molecular flexibility index (Phi) is 4.37. The second-order valence-electron chi connectivity index (χ2n) is 4.85. The minimum atomic E-state index is -0.519. The number of non-ortho nitro benzene ring substituents is 1. The van der Waals surface area contributed by atoms with Crippen LogP contribution in [0.4, 0.5) is 16.2 Å². The van der Waals surface area contributed by atoms with Gasteiger partial charge in [-0.15, -0.1) is 0 Å². The number of nitro groups is 1. The van der Waals surface area contributed by atoms with Gasteiger partial charge in [-0.3, -0.25) is 19.7 Å². The third-order valence-corrected chi connectivity index (χ3v) is 4.34. The Balaban J connectivity index is 1.94. The zero-order chi connectivity index (χ0) is 17.3. The molecule has 120 valence electrons. The number of nitro benzene ring substituents is 1. The zero-order valence-corrected chi connectivity index (χ0v) is 13.6. The van der Waals surface area contributed by atoms with E-state index in [2.05, 4.69) is 0 Å². The maximum atomic E-state index is 12.5. The van der Waals surface area contributed by atoms with E-state index in [-0.39, 0.29) is 10.6 Å². The molecule has 0 aliphatic carbocycles. The lowest BCUT2D eigenvalue weighted by Gasteiger charge is -2.12. The molecule has 8 heteroatoms. The molecule has 0 saturated carbocycles. The van der Waals surface area contributed by atoms with Gasteiger partial charge in [-0.05, 0) is 41.6 Å². The zero-order valence-electron chi connectivity index (χ0n) is 12.0. The van der Waals surface area contributed by atoms with Crippen molar-refractivity contribution in [3.8, 4) is 0 Å². The summed E-state index contributed by atoms with van der Waals surface area (Å²) in [6, 6.07) is 12.3. The summed E-state index contributed by atoms with van der Waals surface area (Å²) in [5, 5.41) is 10.8. The number of hydrogen-bond acceptors (Lipinski definition) is 5. The van der Waals surface area contributed by atoms with Crippen LogP contribution in [-0.4, -0.2) is 16.1 Å². The van der Waals surface area contributed by atoms with Crippen molar-refractivity contribution < 1.29 is 14.5 Å². The highest BCUT2D eigenvalue weighted by Gasteiger charge is 2.36. The molecule has 0 spiro atoms. The first-order chi connectivity index (χ1) is 11.5. The molecule has 2 amide bonds. The maximum Gasteiger partial charge on any atom is 0.298 e. The fourth-order valence-electron chi connectivity index (χ4n) is 2.19. The van der Waals surface area contributed by atoms with Crippen LogP contribution in [0.25, 0.3) is 6.08 Å². The third kappa shape index (κ3) is 3.17. The molecule has 1 aliphatic heterocycles. The lowest BCUT2D eigenvalue weighted by molar-refractivity contribution is -0.384. The van der Waals surface area contributed by atoms with E-state index in [9.17, 15) is 19.7 Å². The quantitative estimate of drug-likeness (QED) is 0.457. The fourth-order valence-corrected chi connectivity index (χ4v) is 3.21. The van der Waals surface area contributed by atoms with Crippen molar-refractivity contribution >= 4 is 52.0 Å². The summed E-state index contributed by atoms with van der Waals surface area (Å²) in [5.41, 5.74) is 0.769. The van der Waals surface area contributed by atoms with Crippen LogP contribution in [0.1, 0.15) is 5.56 Å². The monoisotopic (exact) mass is 360 g/mol. The molecule has 0 unspecified atom stereocenters. The average Bonchev–Trinajstić information content (AvgIpc) is 2.81. The van der Waals surface area contributed by atoms with Crippen LogP contribution in [0.15, 0.2) is 53.4 Å². The Hall–Kier alpha value is -2.64. The predicted octanol–water partition coefficient (Wildman–Crippen LogP) is 4.49. The molecule has 6 nitrogen and oxygen atoms in total. The van der Waals surface area contributed by atoms with Crippen LogP contribution in [0.3, 0.4) is 0 Å². The summed E-state index contributed by atoms with van der Waals surface area (Å²) < 4.78 is 0. The van der Waals surface area contributed by atoms with Crippen molar-refractivity contribution in [2.45, 2.75) is 0 Å². The molecule has 2 aromatic carbocycles. The Morgan fingerprint density at radius 3 is 2.58 bits per heavy atom. The molecular formula is C16H9ClN2O4S. The van der Waals surface area contributed by atoms with Crippen LogP contribution >= 0.6 is 23.4 Å². The Morgan fingerprint density at radius 2 is 1.88 bits per heavy atom. The lowest BCUT2D eigenvalue weighted by atomic mass is 10.2. The molecule has 1 aliphatic rings. The van der Waals surface area contributed by atoms with Crippen molar-refractivity contribution in [2.24, 2.45) is 0 Å². The number of anilines is 1. The number of rotatable bonds is 3. The highest BCUT2D eigenvalue weighted by Crippen LogP contribution is 2.36. The van der Waals surface area contributed by atoms with Gasteiger partial charge >= 0.3 is 0 Å². The summed E-state index contributed by atoms with van der Waals surface area (Å²) in [6.07, 6.45) is 1.46. The molecule has 1 saturated heterocycles. The smallest absolute Gasteiger partial charge is 0.268 e. The molecule has 24 heavy (non-hydrogen) atoms. The van der Waals surface area contributed by atoms with Crippen LogP contribution in [0.5, 0.6) is 0 Å². The number of halogens is 1. The summed E-state index contributed by atoms with van der Waals surface area (Å²) in [7, 11) is 0. The van der Waals surface area contributed by atoms with Crippen molar-refractivity contribution in [1.82, 2.24) is 0 Å². The van der Waals surface area contributed by atoms with E-state index in [1.165, 1.54) is 30.3 Å². The fraction of sp³-hybridized carbons (Fsp3) is 0. The minimum Gasteiger partial charge on any atom is -0.268 e. The van der Waals surface area contributed by atoms with Gasteiger partial charge in [0.2, 0.25) is 0 Å². The van der Waals surface area contributed by atoms with Crippen molar-refractivity contribution in [3.05, 3.63) is 74.1 Å². The maximum absolute atomic E-state index is 12.5. The molecule has 0 aromatic heterocycles. The van der Waals surface area contributed by atoms with E-state index in [1.54, 1.807) is 24.3 Å². The summed E-state index contributed by atoms with van der Waals surface area (Å²) in [4.78, 5) is 36.2. The lowest BCUT2D eigenvalue weighted by Crippen LogP contribution is -2.27. The van der Waals surface area contributed by atoms with Gasteiger partial charge in [-0.25, -0.2) is 4.90 Å². The second-order valence-corrected chi connectivity index (χ2v) is 6.28. The number of nitrogens with zero attached hydrogens (tertiary/aromatic N) is 2. The highest BCUT2D eigenvalue weighted by atomic mass is 35.5. The van der Waals surface area contributed by atoms with Crippen molar-refractivity contribution in [2.75, 3.05) is 4.90 Å². The first-order valence-corrected chi connectivity index (χ1v) is 7.93. The van der Waals surface area contributed by atoms with Crippen LogP contribution in [0.2, 0.25) is 5.02 Å². The first-order valence-electron chi connectivity index (χ1n) is 6.74. The SMILES string of the molecule is O=C1S/C(=C\c2cccc([N+](=O)[O-])c2)C(=O)N1c1cccc(Cl)c1. The summed E-state index contributed by atoms with van der Waals surface area (Å²) in [6.45, 7) is 0. The van der Waals surface area contributed by atoms with Gasteiger partial charge < -0.3 is 0 Å². The van der Waals surface area contributed by atoms with E-state index in [4.69, 9.17) is 11.6 Å². The Morgan fingerprint density at radius 1 is 1.12 bits per heavy atom. The average molecular weight is 361 g/mol. The largest absolute Gasteiger partial charge is 0.298 e. The van der Waals surface area contributed by atoms with E-state index < -0.39 is 16.1 Å². The molecule has 0 radical (unpaired) electrons. The van der Waals surface area contributed by atoms with Gasteiger partial charge in [0.1, 0.15) is 0 Å². The molecule has 0 N–H and O–H groups in total. The van der Waals surface area contributed by atoms with Gasteiger partial charge in [0.15, 0.2) is 0 Å². The Labute approximate surface area is 145 Å². The summed E-state index contributed by atoms with van der Waals surface area (Å²) >= 11 is 6.67. The van der Waals surface area contributed by atoms with Crippen LogP contribution < -0.4 is 4.90 Å². The van der Waals surface area contributed by atoms with Gasteiger partial charge in [0.05, 0.1) is 15.5 Å². The first kappa shape index (κ1) is 16.2. The van der Waals surface area contributed by atoms with Crippen LogP contribution in [-0.2, 0) is 4.79 Å². The minimum absolute atomic E-state index is 0.0854. The van der Waals surface area contributed by atoms with Gasteiger partial charge in [0.25, 0.3) is 16.8 Å². The number of thioether (sulfide) groups is 1. The van der Waals surface area contributed by atoms with Gasteiger partial charge in [0, 0.05) is 17.2 Å². The molecule has 3 rings (SSSR count). The topological polar surface area (TPSA) is 80.5 Å². The van der Waals surface area contributed by atoms with Gasteiger partial charge in [-0.1, -0.05) is 29.8 Å². The predicted molar refractivity (Wildman–Crippen MR) is 93.0 cm³/mol. The van der Waals surface area contributed by atoms with E-state index in [1.807, 2.05) is 0 Å². The second kappa shape index (κ2) is 6.46. The van der Waals surface area contributed by atoms with Crippen molar-refractivity contribution in [1.29, 1.82) is 0 Å². The molecular weight excluding hydrogens is 352 g/mol. The molecule has 1 heterocycles. The van der Waals surface area contributed by atoms with E-state index in [0.29, 0.717) is 16.3 Å². The highest BCUT2D eigenvalue weighted by molar-refractivity contribution is 8.19. The number of imide groups is 1. The molecule has 1 fully saturated rings. The van der Waals surface area contributed by atoms with Crippen LogP contribution in [0, 0.1) is 10.1 Å². The molecule has 2 aromatic rings. The van der Waals surface area contributed by atoms with Gasteiger partial charge in [-0.2, -0.15) is 0 Å². The number of benzene rings is 2. The Bertz CT molecular complexity index is 897. The third-order valence-electron chi connectivity index (χ3n) is 3.24. The standard InChI is InChI=1S/C16H9ClN2O4S/c17-11-4-2-5-12(9-11)18-15(20)14(24-16(18)21)8-10-3-1-6-13(7-10)19(22)23/h1-9H/b14-8-. The normalized spacial score (nSPS) is 16.0. The number of carbonyl (C=O) groups excluding carboxylic acids is 2. The van der Waals surface area contributed by atoms with E-state index in [0.717, 1.165) is 16.7 Å². The summed E-state index contributed by atoms with van der Waals surface area (Å²) in [5.74, 6) is -0.487. The van der Waals surface area contributed by atoms with E-state index >= 15 is 0 Å².